The first-order chi connectivity index (χ1) is 14.9. The van der Waals surface area contributed by atoms with E-state index in [1.165, 1.54) is 24.1 Å². The van der Waals surface area contributed by atoms with Crippen molar-refractivity contribution in [2.45, 2.75) is 37.6 Å². The molecule has 2 aliphatic rings. The van der Waals surface area contributed by atoms with Gasteiger partial charge in [0.15, 0.2) is 5.82 Å². The van der Waals surface area contributed by atoms with Gasteiger partial charge in [-0.2, -0.15) is 14.7 Å². The Hall–Kier alpha value is -3.16. The second-order valence-electron chi connectivity index (χ2n) is 7.67. The maximum absolute atomic E-state index is 12.5. The number of pyridine rings is 1. The first kappa shape index (κ1) is 21.1. The Morgan fingerprint density at radius 2 is 1.90 bits per heavy atom. The second-order valence-corrected chi connectivity index (χ2v) is 9.61. The van der Waals surface area contributed by atoms with Gasteiger partial charge in [-0.15, -0.1) is 0 Å². The van der Waals surface area contributed by atoms with Crippen molar-refractivity contribution in [1.29, 1.82) is 5.26 Å². The number of rotatable bonds is 6. The standard InChI is InChI=1S/C19H21N5O3S.C2H3N/c25-19-17-16(8-9-20-19)24(12-13-2-3-13)22-18(17)21-14-4-6-15(7-5-14)28(26,27)23-10-1-11-23;1-2-3/h4-9,13H,1-3,10-12H2,(H,20,25)(H,21,22);1H3. The molecule has 5 rings (SSSR count). The van der Waals surface area contributed by atoms with Crippen LogP contribution in [0.2, 0.25) is 0 Å². The smallest absolute Gasteiger partial charge is 0.261 e. The van der Waals surface area contributed by atoms with Crippen molar-refractivity contribution in [2.24, 2.45) is 5.92 Å². The Balaban J connectivity index is 0.000000730. The second kappa shape index (κ2) is 8.53. The minimum Gasteiger partial charge on any atom is -0.338 e. The van der Waals surface area contributed by atoms with Gasteiger partial charge >= 0.3 is 0 Å². The molecule has 0 amide bonds. The lowest BCUT2D eigenvalue weighted by Gasteiger charge is -2.29. The number of aromatic amines is 1. The molecule has 0 radical (unpaired) electrons. The third-order valence-electron chi connectivity index (χ3n) is 5.37. The Kier molecular flexibility index (Phi) is 5.80. The van der Waals surface area contributed by atoms with Gasteiger partial charge in [0.1, 0.15) is 5.39 Å². The van der Waals surface area contributed by atoms with Gasteiger partial charge < -0.3 is 10.3 Å². The van der Waals surface area contributed by atoms with E-state index in [0.29, 0.717) is 35.9 Å². The number of benzene rings is 1. The lowest BCUT2D eigenvalue weighted by Crippen LogP contribution is -2.41. The van der Waals surface area contributed by atoms with Crippen molar-refractivity contribution in [3.63, 3.8) is 0 Å². The van der Waals surface area contributed by atoms with Crippen molar-refractivity contribution in [2.75, 3.05) is 18.4 Å². The topological polar surface area (TPSA) is 124 Å². The summed E-state index contributed by atoms with van der Waals surface area (Å²) >= 11 is 0. The van der Waals surface area contributed by atoms with E-state index in [1.54, 1.807) is 36.5 Å². The number of fused-ring (bicyclic) bond motifs is 1. The summed E-state index contributed by atoms with van der Waals surface area (Å²) < 4.78 is 28.3. The molecule has 0 atom stereocenters. The number of hydrogen-bond acceptors (Lipinski definition) is 6. The fourth-order valence-electron chi connectivity index (χ4n) is 3.43. The molecule has 0 bridgehead atoms. The predicted octanol–water partition coefficient (Wildman–Crippen LogP) is 2.80. The van der Waals surface area contributed by atoms with E-state index in [-0.39, 0.29) is 10.5 Å². The molecule has 162 valence electrons. The summed E-state index contributed by atoms with van der Waals surface area (Å²) in [6.07, 6.45) is 4.93. The van der Waals surface area contributed by atoms with Crippen molar-refractivity contribution >= 4 is 32.4 Å². The largest absolute Gasteiger partial charge is 0.338 e. The van der Waals surface area contributed by atoms with Crippen LogP contribution in [0, 0.1) is 17.2 Å². The van der Waals surface area contributed by atoms with Gasteiger partial charge in [-0.3, -0.25) is 9.48 Å². The first-order valence-electron chi connectivity index (χ1n) is 10.2. The SMILES string of the molecule is CC#N.O=c1[nH]ccc2c1c(Nc1ccc(S(=O)(=O)N3CCC3)cc1)nn2CC1CC1. The number of anilines is 2. The van der Waals surface area contributed by atoms with Crippen molar-refractivity contribution in [1.82, 2.24) is 19.1 Å². The minimum absolute atomic E-state index is 0.195. The fourth-order valence-corrected chi connectivity index (χ4v) is 4.95. The van der Waals surface area contributed by atoms with Gasteiger partial charge in [0.2, 0.25) is 10.0 Å². The van der Waals surface area contributed by atoms with Crippen LogP contribution >= 0.6 is 0 Å². The lowest BCUT2D eigenvalue weighted by atomic mass is 10.3. The maximum Gasteiger partial charge on any atom is 0.261 e. The highest BCUT2D eigenvalue weighted by Gasteiger charge is 2.29. The highest BCUT2D eigenvalue weighted by molar-refractivity contribution is 7.89. The van der Waals surface area contributed by atoms with E-state index in [9.17, 15) is 13.2 Å². The van der Waals surface area contributed by atoms with E-state index in [2.05, 4.69) is 15.4 Å². The van der Waals surface area contributed by atoms with Crippen molar-refractivity contribution < 1.29 is 8.42 Å². The van der Waals surface area contributed by atoms with Crippen LogP contribution in [-0.4, -0.2) is 40.6 Å². The average molecular weight is 441 g/mol. The van der Waals surface area contributed by atoms with Gasteiger partial charge in [-0.05, 0) is 55.5 Å². The molecule has 0 unspecified atom stereocenters. The van der Waals surface area contributed by atoms with Gasteiger partial charge in [-0.1, -0.05) is 0 Å². The van der Waals surface area contributed by atoms with Gasteiger partial charge in [0.25, 0.3) is 5.56 Å². The molecule has 1 saturated carbocycles. The molecule has 2 aromatic heterocycles. The number of aromatic nitrogens is 3. The van der Waals surface area contributed by atoms with Crippen LogP contribution < -0.4 is 10.9 Å². The Morgan fingerprint density at radius 3 is 2.48 bits per heavy atom. The number of hydrogen-bond donors (Lipinski definition) is 2. The summed E-state index contributed by atoms with van der Waals surface area (Å²) in [5.41, 5.74) is 1.29. The molecular weight excluding hydrogens is 416 g/mol. The number of sulfonamides is 1. The minimum atomic E-state index is -3.40. The Labute approximate surface area is 180 Å². The molecule has 2 N–H and O–H groups in total. The van der Waals surface area contributed by atoms with E-state index >= 15 is 0 Å². The van der Waals surface area contributed by atoms with Crippen LogP contribution in [-0.2, 0) is 16.6 Å². The predicted molar refractivity (Wildman–Crippen MR) is 117 cm³/mol. The molecule has 3 aromatic rings. The summed E-state index contributed by atoms with van der Waals surface area (Å²) in [5, 5.41) is 15.6. The zero-order valence-corrected chi connectivity index (χ0v) is 18.0. The van der Waals surface area contributed by atoms with Crippen LogP contribution in [0.15, 0.2) is 46.2 Å². The molecule has 0 spiro atoms. The normalized spacial score (nSPS) is 16.1. The quantitative estimate of drug-likeness (QED) is 0.607. The van der Waals surface area contributed by atoms with Gasteiger partial charge in [0, 0.05) is 38.4 Å². The molecule has 31 heavy (non-hydrogen) atoms. The van der Waals surface area contributed by atoms with Crippen LogP contribution in [0.25, 0.3) is 10.9 Å². The summed E-state index contributed by atoms with van der Waals surface area (Å²) in [4.78, 5) is 15.4. The Morgan fingerprint density at radius 1 is 1.23 bits per heavy atom. The third-order valence-corrected chi connectivity index (χ3v) is 7.29. The number of H-pyrrole nitrogens is 1. The van der Waals surface area contributed by atoms with E-state index < -0.39 is 10.0 Å². The zero-order valence-electron chi connectivity index (χ0n) is 17.2. The zero-order chi connectivity index (χ0) is 22.0. The average Bonchev–Trinajstić information content (AvgIpc) is 3.43. The molecule has 3 heterocycles. The van der Waals surface area contributed by atoms with E-state index in [4.69, 9.17) is 5.26 Å². The number of nitrogens with zero attached hydrogens (tertiary/aromatic N) is 4. The van der Waals surface area contributed by atoms with Crippen LogP contribution in [0.4, 0.5) is 11.5 Å². The van der Waals surface area contributed by atoms with E-state index in [1.807, 2.05) is 10.7 Å². The summed E-state index contributed by atoms with van der Waals surface area (Å²) in [6.45, 7) is 3.39. The maximum atomic E-state index is 12.5. The fraction of sp³-hybridized carbons (Fsp3) is 0.381. The summed E-state index contributed by atoms with van der Waals surface area (Å²) in [5.74, 6) is 1.11. The van der Waals surface area contributed by atoms with Crippen LogP contribution in [0.1, 0.15) is 26.2 Å². The molecule has 1 aromatic carbocycles. The Bertz CT molecular complexity index is 1280. The van der Waals surface area contributed by atoms with Crippen molar-refractivity contribution in [3.8, 4) is 6.07 Å². The third kappa shape index (κ3) is 4.33. The summed E-state index contributed by atoms with van der Waals surface area (Å²) in [6, 6.07) is 10.2. The molecule has 1 aliphatic heterocycles. The molecule has 1 aliphatic carbocycles. The summed E-state index contributed by atoms with van der Waals surface area (Å²) in [7, 11) is -3.40. The lowest BCUT2D eigenvalue weighted by molar-refractivity contribution is 0.309. The highest BCUT2D eigenvalue weighted by atomic mass is 32.2. The number of nitriles is 1. The number of nitrogens with one attached hydrogen (secondary N) is 2. The molecule has 1 saturated heterocycles. The van der Waals surface area contributed by atoms with Crippen LogP contribution in [0.3, 0.4) is 0 Å². The molecular formula is C21H24N6O3S. The van der Waals surface area contributed by atoms with Crippen molar-refractivity contribution in [3.05, 3.63) is 46.9 Å². The molecule has 2 fully saturated rings. The van der Waals surface area contributed by atoms with Crippen LogP contribution in [0.5, 0.6) is 0 Å². The monoisotopic (exact) mass is 440 g/mol. The molecule has 9 nitrogen and oxygen atoms in total. The molecule has 10 heteroatoms. The first-order valence-corrected chi connectivity index (χ1v) is 11.6. The highest BCUT2D eigenvalue weighted by Crippen LogP contribution is 2.33. The van der Waals surface area contributed by atoms with E-state index in [0.717, 1.165) is 18.5 Å². The van der Waals surface area contributed by atoms with Gasteiger partial charge in [0.05, 0.1) is 16.5 Å². The van der Waals surface area contributed by atoms with Gasteiger partial charge in [-0.25, -0.2) is 8.42 Å².